The Morgan fingerprint density at radius 2 is 2.16 bits per heavy atom. The highest BCUT2D eigenvalue weighted by molar-refractivity contribution is 5.73. The summed E-state index contributed by atoms with van der Waals surface area (Å²) in [6, 6.07) is 3.51. The molecule has 19 heavy (non-hydrogen) atoms. The van der Waals surface area contributed by atoms with Gasteiger partial charge in [-0.15, -0.1) is 0 Å². The molecule has 0 spiro atoms. The highest BCUT2D eigenvalue weighted by Crippen LogP contribution is 2.14. The number of aryl methyl sites for hydroxylation is 1. The zero-order valence-corrected chi connectivity index (χ0v) is 12.0. The van der Waals surface area contributed by atoms with Gasteiger partial charge in [-0.05, 0) is 31.4 Å². The molecule has 0 aromatic carbocycles. The fourth-order valence-electron chi connectivity index (χ4n) is 1.39. The van der Waals surface area contributed by atoms with Crippen LogP contribution in [0.3, 0.4) is 0 Å². The number of aliphatic hydroxyl groups is 1. The number of aromatic nitrogens is 1. The molecule has 5 nitrogen and oxygen atoms in total. The van der Waals surface area contributed by atoms with Crippen molar-refractivity contribution < 1.29 is 9.90 Å². The molecule has 5 heteroatoms. The van der Waals surface area contributed by atoms with Crippen molar-refractivity contribution in [1.29, 1.82) is 0 Å². The molecule has 1 rings (SSSR count). The molecule has 0 aliphatic carbocycles. The van der Waals surface area contributed by atoms with Crippen LogP contribution in [0.15, 0.2) is 18.3 Å². The first-order chi connectivity index (χ1) is 8.83. The molecule has 0 fully saturated rings. The third kappa shape index (κ3) is 4.87. The molecule has 0 saturated heterocycles. The lowest BCUT2D eigenvalue weighted by Crippen LogP contribution is -2.47. The third-order valence-electron chi connectivity index (χ3n) is 3.38. The van der Waals surface area contributed by atoms with Crippen molar-refractivity contribution in [3.8, 4) is 0 Å². The third-order valence-corrected chi connectivity index (χ3v) is 3.38. The van der Waals surface area contributed by atoms with E-state index in [0.29, 0.717) is 6.54 Å². The second-order valence-corrected chi connectivity index (χ2v) is 5.32. The van der Waals surface area contributed by atoms with Gasteiger partial charge in [-0.3, -0.25) is 4.98 Å². The number of rotatable bonds is 5. The van der Waals surface area contributed by atoms with Gasteiger partial charge in [0.2, 0.25) is 0 Å². The molecule has 2 amide bonds. The van der Waals surface area contributed by atoms with Gasteiger partial charge in [0.25, 0.3) is 0 Å². The second-order valence-electron chi connectivity index (χ2n) is 5.32. The van der Waals surface area contributed by atoms with Crippen molar-refractivity contribution in [2.24, 2.45) is 5.92 Å². The number of nitrogens with zero attached hydrogens (tertiary/aromatic N) is 1. The van der Waals surface area contributed by atoms with Crippen molar-refractivity contribution in [1.82, 2.24) is 15.6 Å². The average Bonchev–Trinajstić information content (AvgIpc) is 2.35. The van der Waals surface area contributed by atoms with Crippen LogP contribution in [0.2, 0.25) is 0 Å². The van der Waals surface area contributed by atoms with Gasteiger partial charge < -0.3 is 15.7 Å². The van der Waals surface area contributed by atoms with E-state index >= 15 is 0 Å². The number of amides is 2. The van der Waals surface area contributed by atoms with E-state index in [4.69, 9.17) is 0 Å². The van der Waals surface area contributed by atoms with Gasteiger partial charge in [0.15, 0.2) is 0 Å². The molecule has 3 N–H and O–H groups in total. The smallest absolute Gasteiger partial charge is 0.315 e. The minimum Gasteiger partial charge on any atom is -0.388 e. The fraction of sp³-hybridized carbons (Fsp3) is 0.571. The predicted molar refractivity (Wildman–Crippen MR) is 74.7 cm³/mol. The molecule has 0 radical (unpaired) electrons. The molecule has 1 heterocycles. The van der Waals surface area contributed by atoms with Crippen molar-refractivity contribution in [2.75, 3.05) is 6.54 Å². The predicted octanol–water partition coefficient (Wildman–Crippen LogP) is 1.60. The molecular weight excluding hydrogens is 242 g/mol. The Bertz CT molecular complexity index is 430. The Hall–Kier alpha value is -1.62. The number of urea groups is 1. The van der Waals surface area contributed by atoms with Crippen molar-refractivity contribution >= 4 is 6.03 Å². The molecule has 1 unspecified atom stereocenters. The molecule has 0 aliphatic rings. The SMILES string of the molecule is Cc1cccnc1CNC(=O)NCC(C)(O)C(C)C. The zero-order chi connectivity index (χ0) is 14.5. The lowest BCUT2D eigenvalue weighted by molar-refractivity contribution is 0.0166. The first-order valence-electron chi connectivity index (χ1n) is 6.47. The zero-order valence-electron chi connectivity index (χ0n) is 12.0. The number of pyridine rings is 1. The normalized spacial score (nSPS) is 14.0. The van der Waals surface area contributed by atoms with Crippen molar-refractivity contribution in [3.63, 3.8) is 0 Å². The Balaban J connectivity index is 2.39. The van der Waals surface area contributed by atoms with Crippen LogP contribution in [-0.4, -0.2) is 28.3 Å². The van der Waals surface area contributed by atoms with Crippen molar-refractivity contribution in [2.45, 2.75) is 39.8 Å². The van der Waals surface area contributed by atoms with Gasteiger partial charge in [0.05, 0.1) is 17.8 Å². The minimum atomic E-state index is -0.905. The summed E-state index contributed by atoms with van der Waals surface area (Å²) >= 11 is 0. The van der Waals surface area contributed by atoms with Gasteiger partial charge in [0.1, 0.15) is 0 Å². The van der Waals surface area contributed by atoms with E-state index in [1.807, 2.05) is 32.9 Å². The topological polar surface area (TPSA) is 74.2 Å². The molecule has 0 bridgehead atoms. The van der Waals surface area contributed by atoms with Gasteiger partial charge in [0, 0.05) is 12.7 Å². The average molecular weight is 265 g/mol. The number of carbonyl (C=O) groups is 1. The Morgan fingerprint density at radius 1 is 1.47 bits per heavy atom. The van der Waals surface area contributed by atoms with Crippen LogP contribution in [0.4, 0.5) is 4.79 Å². The molecule has 1 aromatic rings. The maximum Gasteiger partial charge on any atom is 0.315 e. The lowest BCUT2D eigenvalue weighted by Gasteiger charge is -2.27. The quantitative estimate of drug-likeness (QED) is 0.757. The van der Waals surface area contributed by atoms with E-state index < -0.39 is 5.60 Å². The summed E-state index contributed by atoms with van der Waals surface area (Å²) in [6.07, 6.45) is 1.70. The standard InChI is InChI=1S/C14H23N3O2/c1-10(2)14(4,19)9-17-13(18)16-8-12-11(3)6-5-7-15-12/h5-7,10,19H,8-9H2,1-4H3,(H2,16,17,18). The van der Waals surface area contributed by atoms with Crippen LogP contribution in [-0.2, 0) is 6.54 Å². The summed E-state index contributed by atoms with van der Waals surface area (Å²) in [5.74, 6) is 0.0748. The van der Waals surface area contributed by atoms with E-state index in [2.05, 4.69) is 15.6 Å². The van der Waals surface area contributed by atoms with Crippen LogP contribution in [0.5, 0.6) is 0 Å². The lowest BCUT2D eigenvalue weighted by atomic mass is 9.93. The van der Waals surface area contributed by atoms with Gasteiger partial charge in [-0.25, -0.2) is 4.79 Å². The van der Waals surface area contributed by atoms with Gasteiger partial charge in [-0.2, -0.15) is 0 Å². The molecule has 1 atom stereocenters. The summed E-state index contributed by atoms with van der Waals surface area (Å²) in [6.45, 7) is 8.08. The Labute approximate surface area is 114 Å². The van der Waals surface area contributed by atoms with Crippen LogP contribution in [0, 0.1) is 12.8 Å². The second kappa shape index (κ2) is 6.52. The minimum absolute atomic E-state index is 0.0748. The number of nitrogens with one attached hydrogen (secondary N) is 2. The molecule has 106 valence electrons. The summed E-state index contributed by atoms with van der Waals surface area (Å²) in [7, 11) is 0. The highest BCUT2D eigenvalue weighted by atomic mass is 16.3. The molecule has 0 saturated carbocycles. The first-order valence-corrected chi connectivity index (χ1v) is 6.47. The van der Waals surface area contributed by atoms with Crippen molar-refractivity contribution in [3.05, 3.63) is 29.6 Å². The number of hydrogen-bond acceptors (Lipinski definition) is 3. The monoisotopic (exact) mass is 265 g/mol. The molecule has 0 aliphatic heterocycles. The van der Waals surface area contributed by atoms with E-state index in [9.17, 15) is 9.90 Å². The van der Waals surface area contributed by atoms with Gasteiger partial charge in [-0.1, -0.05) is 19.9 Å². The van der Waals surface area contributed by atoms with Crippen LogP contribution in [0.1, 0.15) is 32.0 Å². The summed E-state index contributed by atoms with van der Waals surface area (Å²) in [5.41, 5.74) is 0.975. The van der Waals surface area contributed by atoms with E-state index in [-0.39, 0.29) is 18.5 Å². The van der Waals surface area contributed by atoms with Crippen LogP contribution in [0.25, 0.3) is 0 Å². The van der Waals surface area contributed by atoms with E-state index in [1.165, 1.54) is 0 Å². The first kappa shape index (κ1) is 15.4. The van der Waals surface area contributed by atoms with Gasteiger partial charge >= 0.3 is 6.03 Å². The fourth-order valence-corrected chi connectivity index (χ4v) is 1.39. The van der Waals surface area contributed by atoms with Crippen LogP contribution < -0.4 is 10.6 Å². The maximum absolute atomic E-state index is 11.6. The Kier molecular flexibility index (Phi) is 5.30. The molecule has 1 aromatic heterocycles. The summed E-state index contributed by atoms with van der Waals surface area (Å²) < 4.78 is 0. The summed E-state index contributed by atoms with van der Waals surface area (Å²) in [5, 5.41) is 15.4. The number of hydrogen-bond donors (Lipinski definition) is 3. The number of carbonyl (C=O) groups excluding carboxylic acids is 1. The van der Waals surface area contributed by atoms with Crippen LogP contribution >= 0.6 is 0 Å². The highest BCUT2D eigenvalue weighted by Gasteiger charge is 2.25. The molecular formula is C14H23N3O2. The Morgan fingerprint density at radius 3 is 2.74 bits per heavy atom. The summed E-state index contributed by atoms with van der Waals surface area (Å²) in [4.78, 5) is 15.8. The van der Waals surface area contributed by atoms with E-state index in [1.54, 1.807) is 13.1 Å². The maximum atomic E-state index is 11.6. The largest absolute Gasteiger partial charge is 0.388 e. The van der Waals surface area contributed by atoms with E-state index in [0.717, 1.165) is 11.3 Å².